The van der Waals surface area contributed by atoms with Crippen molar-refractivity contribution in [3.8, 4) is 0 Å². The fourth-order valence-corrected chi connectivity index (χ4v) is 7.66. The lowest BCUT2D eigenvalue weighted by molar-refractivity contribution is -0.550. The van der Waals surface area contributed by atoms with Gasteiger partial charge in [-0.15, -0.1) is 0 Å². The molecule has 0 aromatic carbocycles. The topological polar surface area (TPSA) is 190 Å². The number of carbonyl (C=O) groups is 1. The number of rotatable bonds is 12. The van der Waals surface area contributed by atoms with E-state index in [-0.39, 0.29) is 12.8 Å². The molecule has 6 atom stereocenters. The summed E-state index contributed by atoms with van der Waals surface area (Å²) in [6.07, 6.45) is 6.88. The number of hydrogen-bond donors (Lipinski definition) is 0. The lowest BCUT2D eigenvalue weighted by Crippen LogP contribution is -2.47. The molecule has 13 nitrogen and oxygen atoms in total. The number of ether oxygens (including phenoxy) is 2. The largest absolute Gasteiger partial charge is 0.510 e. The minimum absolute atomic E-state index is 0.212. The van der Waals surface area contributed by atoms with Crippen LogP contribution in [0.15, 0.2) is 47.6 Å². The number of hydrogen-bond acceptors (Lipinski definition) is 11. The Morgan fingerprint density at radius 1 is 0.825 bits per heavy atom. The Morgan fingerprint density at radius 3 is 1.38 bits per heavy atom. The fraction of sp³-hybridized carbons (Fsp3) is 0.640. The van der Waals surface area contributed by atoms with E-state index in [0.717, 1.165) is 12.5 Å². The van der Waals surface area contributed by atoms with Crippen molar-refractivity contribution >= 4 is 25.8 Å². The molecule has 2 aliphatic rings. The molecular weight excluding hydrogens is 568 g/mol. The molecule has 40 heavy (non-hydrogen) atoms. The molecule has 0 spiro atoms. The highest BCUT2D eigenvalue weighted by Gasteiger charge is 2.50. The number of nitrogens with zero attached hydrogens (tertiary/aromatic N) is 2. The molecule has 2 aliphatic carbocycles. The van der Waals surface area contributed by atoms with Crippen LogP contribution in [0.25, 0.3) is 0 Å². The van der Waals surface area contributed by atoms with Crippen molar-refractivity contribution in [2.45, 2.75) is 63.8 Å². The lowest BCUT2D eigenvalue weighted by atomic mass is 9.78. The first kappa shape index (κ1) is 33.1. The maximum absolute atomic E-state index is 12.6. The van der Waals surface area contributed by atoms with Gasteiger partial charge in [0.15, 0.2) is 0 Å². The Morgan fingerprint density at radius 2 is 1.15 bits per heavy atom. The zero-order chi connectivity index (χ0) is 30.7. The van der Waals surface area contributed by atoms with E-state index in [1.807, 2.05) is 0 Å². The summed E-state index contributed by atoms with van der Waals surface area (Å²) in [5.74, 6) is -2.51. The van der Waals surface area contributed by atoms with Crippen LogP contribution in [0.4, 0.5) is 4.79 Å². The van der Waals surface area contributed by atoms with Crippen LogP contribution >= 0.6 is 0 Å². The first-order valence-electron chi connectivity index (χ1n) is 12.6. The average molecular weight is 605 g/mol. The number of sulfone groups is 2. The van der Waals surface area contributed by atoms with Crippen molar-refractivity contribution in [1.29, 1.82) is 0 Å². The van der Waals surface area contributed by atoms with Crippen LogP contribution in [0, 0.1) is 32.1 Å². The lowest BCUT2D eigenvalue weighted by Gasteiger charge is -2.32. The summed E-state index contributed by atoms with van der Waals surface area (Å²) in [6, 6.07) is 0. The standard InChI is InChI=1S/C25H36N2O11S2/c1-7-19(15-39(5,33)34)24(26(29)30)11-9-21(17(3)13-24)37-23(28)38-22-10-12-25(27(31)32,14-18(22)4)20(8-2)16-40(6,35)36/h9-14,19-22H,7-8,15-16H2,1-6H3. The normalized spacial score (nSPS) is 28.1. The van der Waals surface area contributed by atoms with E-state index in [1.54, 1.807) is 13.8 Å². The quantitative estimate of drug-likeness (QED) is 0.138. The highest BCUT2D eigenvalue weighted by Crippen LogP contribution is 2.36. The summed E-state index contributed by atoms with van der Waals surface area (Å²) in [7, 11) is -7.03. The van der Waals surface area contributed by atoms with Gasteiger partial charge in [0.25, 0.3) is 11.1 Å². The van der Waals surface area contributed by atoms with Gasteiger partial charge in [-0.2, -0.15) is 0 Å². The predicted octanol–water partition coefficient (Wildman–Crippen LogP) is 3.08. The Hall–Kier alpha value is -3.07. The maximum Gasteiger partial charge on any atom is 0.510 e. The summed E-state index contributed by atoms with van der Waals surface area (Å²) >= 11 is 0. The van der Waals surface area contributed by atoms with Crippen LogP contribution in [0.2, 0.25) is 0 Å². The molecule has 0 heterocycles. The average Bonchev–Trinajstić information content (AvgIpc) is 2.82. The van der Waals surface area contributed by atoms with Crippen molar-refractivity contribution in [3.63, 3.8) is 0 Å². The van der Waals surface area contributed by atoms with E-state index < -0.39 is 82.3 Å². The van der Waals surface area contributed by atoms with Crippen molar-refractivity contribution < 1.29 is 41.0 Å². The molecule has 0 bridgehead atoms. The smallest absolute Gasteiger partial charge is 0.422 e. The molecule has 0 aromatic rings. The highest BCUT2D eigenvalue weighted by molar-refractivity contribution is 7.90. The summed E-state index contributed by atoms with van der Waals surface area (Å²) < 4.78 is 58.2. The summed E-state index contributed by atoms with van der Waals surface area (Å²) in [6.45, 7) is 6.33. The predicted molar refractivity (Wildman–Crippen MR) is 147 cm³/mol. The van der Waals surface area contributed by atoms with E-state index >= 15 is 0 Å². The number of carbonyl (C=O) groups excluding carboxylic acids is 1. The third kappa shape index (κ3) is 7.56. The molecule has 0 radical (unpaired) electrons. The van der Waals surface area contributed by atoms with Crippen LogP contribution in [0.5, 0.6) is 0 Å². The third-order valence-electron chi connectivity index (χ3n) is 7.27. The minimum Gasteiger partial charge on any atom is -0.422 e. The zero-order valence-electron chi connectivity index (χ0n) is 23.3. The second-order valence-electron chi connectivity index (χ2n) is 10.5. The van der Waals surface area contributed by atoms with Gasteiger partial charge in [0, 0.05) is 22.4 Å². The van der Waals surface area contributed by atoms with Crippen molar-refractivity contribution in [2.75, 3.05) is 24.0 Å². The Bertz CT molecular complexity index is 1260. The molecule has 0 amide bonds. The maximum atomic E-state index is 12.6. The highest BCUT2D eigenvalue weighted by atomic mass is 32.2. The Kier molecular flexibility index (Phi) is 10.1. The second kappa shape index (κ2) is 12.2. The second-order valence-corrected chi connectivity index (χ2v) is 14.9. The van der Waals surface area contributed by atoms with Gasteiger partial charge >= 0.3 is 6.16 Å². The Balaban J connectivity index is 2.22. The van der Waals surface area contributed by atoms with Crippen LogP contribution in [0.1, 0.15) is 40.5 Å². The SMILES string of the molecule is CCC(CS(C)(=O)=O)C1([N+](=O)[O-])C=CC(OC(=O)OC2C=CC(C(CC)CS(C)(=O)=O)([N+](=O)[O-])C=C2C)C(C)=C1. The molecule has 0 aliphatic heterocycles. The molecule has 0 saturated carbocycles. The van der Waals surface area contributed by atoms with Crippen LogP contribution in [-0.2, 0) is 29.1 Å². The van der Waals surface area contributed by atoms with E-state index in [1.165, 1.54) is 50.3 Å². The molecule has 2 rings (SSSR count). The van der Waals surface area contributed by atoms with E-state index in [4.69, 9.17) is 9.47 Å². The van der Waals surface area contributed by atoms with Gasteiger partial charge in [0.2, 0.25) is 0 Å². The van der Waals surface area contributed by atoms with E-state index in [0.29, 0.717) is 11.1 Å². The first-order valence-corrected chi connectivity index (χ1v) is 16.7. The van der Waals surface area contributed by atoms with E-state index in [9.17, 15) is 41.9 Å². The molecule has 224 valence electrons. The summed E-state index contributed by atoms with van der Waals surface area (Å²) in [5.41, 5.74) is -3.00. The fourth-order valence-electron chi connectivity index (χ4n) is 5.20. The van der Waals surface area contributed by atoms with Gasteiger partial charge in [-0.3, -0.25) is 20.2 Å². The van der Waals surface area contributed by atoms with Crippen LogP contribution < -0.4 is 0 Å². The minimum atomic E-state index is -3.51. The molecule has 15 heteroatoms. The van der Waals surface area contributed by atoms with Gasteiger partial charge in [-0.25, -0.2) is 21.6 Å². The monoisotopic (exact) mass is 604 g/mol. The molecule has 0 fully saturated rings. The first-order chi connectivity index (χ1) is 18.3. The zero-order valence-corrected chi connectivity index (χ0v) is 24.9. The van der Waals surface area contributed by atoms with Gasteiger partial charge < -0.3 is 9.47 Å². The van der Waals surface area contributed by atoms with Gasteiger partial charge in [0.05, 0.1) is 23.3 Å². The third-order valence-corrected chi connectivity index (χ3v) is 9.29. The van der Waals surface area contributed by atoms with Crippen LogP contribution in [-0.4, -0.2) is 80.1 Å². The molecule has 6 unspecified atom stereocenters. The molecular formula is C25H36N2O11S2. The van der Waals surface area contributed by atoms with E-state index in [2.05, 4.69) is 0 Å². The molecule has 0 saturated heterocycles. The Labute approximate surface area is 234 Å². The summed E-state index contributed by atoms with van der Waals surface area (Å²) in [4.78, 5) is 35.6. The summed E-state index contributed by atoms with van der Waals surface area (Å²) in [5, 5.41) is 24.1. The van der Waals surface area contributed by atoms with Gasteiger partial charge in [-0.05, 0) is 74.3 Å². The van der Waals surface area contributed by atoms with Crippen molar-refractivity contribution in [1.82, 2.24) is 0 Å². The van der Waals surface area contributed by atoms with Gasteiger partial charge in [0.1, 0.15) is 31.9 Å². The van der Waals surface area contributed by atoms with Crippen molar-refractivity contribution in [2.24, 2.45) is 11.8 Å². The van der Waals surface area contributed by atoms with Gasteiger partial charge in [-0.1, -0.05) is 13.8 Å². The number of nitro groups is 2. The molecule has 0 aromatic heterocycles. The molecule has 0 N–H and O–H groups in total. The van der Waals surface area contributed by atoms with Crippen LogP contribution in [0.3, 0.4) is 0 Å². The van der Waals surface area contributed by atoms with Crippen molar-refractivity contribution in [3.05, 3.63) is 67.8 Å².